The molecule has 0 aliphatic carbocycles. The highest BCUT2D eigenvalue weighted by atomic mass is 16.3. The predicted octanol–water partition coefficient (Wildman–Crippen LogP) is 2.29. The second-order valence-corrected chi connectivity index (χ2v) is 3.12. The number of pyridine rings is 1. The van der Waals surface area contributed by atoms with Crippen LogP contribution in [0.5, 0.6) is 0 Å². The van der Waals surface area contributed by atoms with Crippen LogP contribution >= 0.6 is 0 Å². The number of aromatic nitrogens is 1. The minimum atomic E-state index is -0.437. The van der Waals surface area contributed by atoms with Gasteiger partial charge in [0.05, 0.1) is 6.10 Å². The molecular formula is C11H11NO. The molecule has 0 radical (unpaired) electrons. The van der Waals surface area contributed by atoms with Crippen LogP contribution in [0.1, 0.15) is 18.6 Å². The van der Waals surface area contributed by atoms with Gasteiger partial charge in [-0.15, -0.1) is 0 Å². The zero-order valence-corrected chi connectivity index (χ0v) is 7.44. The van der Waals surface area contributed by atoms with Crippen LogP contribution < -0.4 is 0 Å². The van der Waals surface area contributed by atoms with Gasteiger partial charge in [0.2, 0.25) is 0 Å². The number of aliphatic hydroxyl groups is 1. The van der Waals surface area contributed by atoms with Crippen molar-refractivity contribution in [1.82, 2.24) is 4.98 Å². The molecule has 0 saturated carbocycles. The van der Waals surface area contributed by atoms with Gasteiger partial charge in [0.1, 0.15) is 0 Å². The summed E-state index contributed by atoms with van der Waals surface area (Å²) in [5, 5.41) is 11.6. The van der Waals surface area contributed by atoms with E-state index in [-0.39, 0.29) is 0 Å². The highest BCUT2D eigenvalue weighted by Gasteiger charge is 2.04. The van der Waals surface area contributed by atoms with Crippen LogP contribution in [0.3, 0.4) is 0 Å². The Balaban J connectivity index is 2.76. The van der Waals surface area contributed by atoms with E-state index >= 15 is 0 Å². The van der Waals surface area contributed by atoms with Gasteiger partial charge in [-0.3, -0.25) is 4.98 Å². The SMILES string of the molecule is C[C@H](O)c1cccc2ccncc12. The molecule has 0 spiro atoms. The monoisotopic (exact) mass is 173 g/mol. The molecule has 2 rings (SSSR count). The lowest BCUT2D eigenvalue weighted by Crippen LogP contribution is -1.92. The standard InChI is InChI=1S/C11H11NO/c1-8(13)10-4-2-3-9-5-6-12-7-11(9)10/h2-8,13H,1H3/t8-/m0/s1. The number of hydrogen-bond acceptors (Lipinski definition) is 2. The van der Waals surface area contributed by atoms with E-state index in [9.17, 15) is 5.11 Å². The molecule has 66 valence electrons. The average Bonchev–Trinajstić information content (AvgIpc) is 2.17. The van der Waals surface area contributed by atoms with Crippen molar-refractivity contribution in [3.63, 3.8) is 0 Å². The topological polar surface area (TPSA) is 33.1 Å². The van der Waals surface area contributed by atoms with Crippen molar-refractivity contribution in [2.45, 2.75) is 13.0 Å². The molecule has 0 amide bonds. The summed E-state index contributed by atoms with van der Waals surface area (Å²) in [4.78, 5) is 4.04. The van der Waals surface area contributed by atoms with Crippen molar-refractivity contribution in [1.29, 1.82) is 0 Å². The lowest BCUT2D eigenvalue weighted by atomic mass is 10.0. The highest BCUT2D eigenvalue weighted by molar-refractivity contribution is 5.84. The van der Waals surface area contributed by atoms with Gasteiger partial charge in [-0.2, -0.15) is 0 Å². The molecule has 0 aliphatic rings. The molecule has 1 aromatic heterocycles. The van der Waals surface area contributed by atoms with E-state index in [0.717, 1.165) is 16.3 Å². The van der Waals surface area contributed by atoms with E-state index < -0.39 is 6.10 Å². The number of hydrogen-bond donors (Lipinski definition) is 1. The maximum Gasteiger partial charge on any atom is 0.0768 e. The Hall–Kier alpha value is -1.41. The number of benzene rings is 1. The van der Waals surface area contributed by atoms with Gasteiger partial charge in [-0.1, -0.05) is 18.2 Å². The predicted molar refractivity (Wildman–Crippen MR) is 52.4 cm³/mol. The second kappa shape index (κ2) is 3.15. The molecule has 2 aromatic rings. The average molecular weight is 173 g/mol. The van der Waals surface area contributed by atoms with Crippen molar-refractivity contribution in [3.05, 3.63) is 42.2 Å². The lowest BCUT2D eigenvalue weighted by molar-refractivity contribution is 0.201. The quantitative estimate of drug-likeness (QED) is 0.717. The van der Waals surface area contributed by atoms with Gasteiger partial charge >= 0.3 is 0 Å². The van der Waals surface area contributed by atoms with Crippen LogP contribution in [0, 0.1) is 0 Å². The fourth-order valence-corrected chi connectivity index (χ4v) is 1.50. The first kappa shape index (κ1) is 8.20. The fourth-order valence-electron chi connectivity index (χ4n) is 1.50. The first-order chi connectivity index (χ1) is 6.29. The van der Waals surface area contributed by atoms with Crippen molar-refractivity contribution in [2.75, 3.05) is 0 Å². The van der Waals surface area contributed by atoms with Crippen LogP contribution in [0.4, 0.5) is 0 Å². The first-order valence-corrected chi connectivity index (χ1v) is 4.30. The third kappa shape index (κ3) is 1.40. The van der Waals surface area contributed by atoms with Crippen molar-refractivity contribution in [2.24, 2.45) is 0 Å². The molecule has 1 atom stereocenters. The van der Waals surface area contributed by atoms with E-state index in [1.54, 1.807) is 19.3 Å². The molecule has 1 heterocycles. The van der Waals surface area contributed by atoms with Crippen molar-refractivity contribution >= 4 is 10.8 Å². The smallest absolute Gasteiger partial charge is 0.0768 e. The first-order valence-electron chi connectivity index (χ1n) is 4.30. The molecule has 1 N–H and O–H groups in total. The van der Waals surface area contributed by atoms with Gasteiger partial charge in [-0.25, -0.2) is 0 Å². The van der Waals surface area contributed by atoms with E-state index in [1.165, 1.54) is 0 Å². The van der Waals surface area contributed by atoms with Gasteiger partial charge < -0.3 is 5.11 Å². The highest BCUT2D eigenvalue weighted by Crippen LogP contribution is 2.22. The van der Waals surface area contributed by atoms with E-state index in [4.69, 9.17) is 0 Å². The summed E-state index contributed by atoms with van der Waals surface area (Å²) in [6, 6.07) is 7.84. The zero-order valence-electron chi connectivity index (χ0n) is 7.44. The van der Waals surface area contributed by atoms with Crippen molar-refractivity contribution in [3.8, 4) is 0 Å². The number of aliphatic hydroxyl groups excluding tert-OH is 1. The molecule has 0 unspecified atom stereocenters. The Morgan fingerprint density at radius 2 is 2.15 bits per heavy atom. The minimum absolute atomic E-state index is 0.437. The Kier molecular flexibility index (Phi) is 1.99. The molecule has 0 bridgehead atoms. The molecule has 2 nitrogen and oxygen atoms in total. The minimum Gasteiger partial charge on any atom is -0.389 e. The molecule has 1 aromatic carbocycles. The maximum absolute atomic E-state index is 9.49. The normalized spacial score (nSPS) is 13.1. The third-order valence-corrected chi connectivity index (χ3v) is 2.17. The van der Waals surface area contributed by atoms with Crippen LogP contribution in [-0.2, 0) is 0 Å². The van der Waals surface area contributed by atoms with Gasteiger partial charge in [0.15, 0.2) is 0 Å². The summed E-state index contributed by atoms with van der Waals surface area (Å²) >= 11 is 0. The summed E-state index contributed by atoms with van der Waals surface area (Å²) < 4.78 is 0. The summed E-state index contributed by atoms with van der Waals surface area (Å²) in [6.45, 7) is 1.77. The molecule has 0 saturated heterocycles. The summed E-state index contributed by atoms with van der Waals surface area (Å²) in [5.41, 5.74) is 0.936. The molecular weight excluding hydrogens is 162 g/mol. The molecule has 13 heavy (non-hydrogen) atoms. The van der Waals surface area contributed by atoms with E-state index in [2.05, 4.69) is 4.98 Å². The van der Waals surface area contributed by atoms with E-state index in [0.29, 0.717) is 0 Å². The summed E-state index contributed by atoms with van der Waals surface area (Å²) in [6.07, 6.45) is 3.11. The Bertz CT molecular complexity index is 418. The Labute approximate surface area is 76.9 Å². The summed E-state index contributed by atoms with van der Waals surface area (Å²) in [7, 11) is 0. The zero-order chi connectivity index (χ0) is 9.26. The largest absolute Gasteiger partial charge is 0.389 e. The third-order valence-electron chi connectivity index (χ3n) is 2.17. The second-order valence-electron chi connectivity index (χ2n) is 3.12. The van der Waals surface area contributed by atoms with Crippen molar-refractivity contribution < 1.29 is 5.11 Å². The van der Waals surface area contributed by atoms with Crippen LogP contribution in [0.25, 0.3) is 10.8 Å². The summed E-state index contributed by atoms with van der Waals surface area (Å²) in [5.74, 6) is 0. The fraction of sp³-hybridized carbons (Fsp3) is 0.182. The van der Waals surface area contributed by atoms with E-state index in [1.807, 2.05) is 24.3 Å². The van der Waals surface area contributed by atoms with Crippen LogP contribution in [0.2, 0.25) is 0 Å². The Morgan fingerprint density at radius 3 is 2.92 bits per heavy atom. The number of rotatable bonds is 1. The Morgan fingerprint density at radius 1 is 1.31 bits per heavy atom. The van der Waals surface area contributed by atoms with Gasteiger partial charge in [0.25, 0.3) is 0 Å². The molecule has 0 fully saturated rings. The number of nitrogens with zero attached hydrogens (tertiary/aromatic N) is 1. The maximum atomic E-state index is 9.49. The van der Waals surface area contributed by atoms with Gasteiger partial charge in [0, 0.05) is 17.8 Å². The lowest BCUT2D eigenvalue weighted by Gasteiger charge is -2.07. The molecule has 2 heteroatoms. The van der Waals surface area contributed by atoms with Crippen LogP contribution in [-0.4, -0.2) is 10.1 Å². The number of fused-ring (bicyclic) bond motifs is 1. The molecule has 0 aliphatic heterocycles. The van der Waals surface area contributed by atoms with Gasteiger partial charge in [-0.05, 0) is 23.9 Å². The van der Waals surface area contributed by atoms with Crippen LogP contribution in [0.15, 0.2) is 36.7 Å².